The molecule has 0 aromatic carbocycles. The van der Waals surface area contributed by atoms with E-state index in [9.17, 15) is 4.79 Å². The van der Waals surface area contributed by atoms with Gasteiger partial charge in [0.25, 0.3) is 0 Å². The van der Waals surface area contributed by atoms with Crippen molar-refractivity contribution in [3.63, 3.8) is 0 Å². The smallest absolute Gasteiger partial charge is 0.242 e. The van der Waals surface area contributed by atoms with Gasteiger partial charge < -0.3 is 0 Å². The van der Waals surface area contributed by atoms with Gasteiger partial charge in [-0.25, -0.2) is 5.43 Å². The summed E-state index contributed by atoms with van der Waals surface area (Å²) in [5.41, 5.74) is 3.35. The molecule has 0 radical (unpaired) electrons. The van der Waals surface area contributed by atoms with E-state index < -0.39 is 0 Å². The van der Waals surface area contributed by atoms with Gasteiger partial charge in [0.05, 0.1) is 6.21 Å². The van der Waals surface area contributed by atoms with E-state index in [-0.39, 0.29) is 11.8 Å². The Morgan fingerprint density at radius 1 is 1.50 bits per heavy atom. The van der Waals surface area contributed by atoms with E-state index in [0.29, 0.717) is 0 Å². The van der Waals surface area contributed by atoms with Crippen molar-refractivity contribution in [2.45, 2.75) is 13.8 Å². The zero-order chi connectivity index (χ0) is 10.4. The van der Waals surface area contributed by atoms with Crippen molar-refractivity contribution < 1.29 is 4.79 Å². The molecule has 74 valence electrons. The molecule has 4 nitrogen and oxygen atoms in total. The average molecular weight is 191 g/mol. The zero-order valence-electron chi connectivity index (χ0n) is 8.27. The van der Waals surface area contributed by atoms with Crippen LogP contribution in [0.2, 0.25) is 0 Å². The second kappa shape index (κ2) is 5.11. The van der Waals surface area contributed by atoms with Crippen molar-refractivity contribution in [2.75, 3.05) is 0 Å². The molecule has 0 unspecified atom stereocenters. The Morgan fingerprint density at radius 3 is 2.71 bits per heavy atom. The number of hydrazone groups is 1. The number of aromatic nitrogens is 1. The quantitative estimate of drug-likeness (QED) is 0.576. The minimum absolute atomic E-state index is 0.0513. The van der Waals surface area contributed by atoms with Crippen molar-refractivity contribution in [3.05, 3.63) is 30.1 Å². The molecule has 1 aromatic rings. The Bertz CT molecular complexity index is 319. The van der Waals surface area contributed by atoms with Crippen molar-refractivity contribution in [1.82, 2.24) is 10.4 Å². The molecule has 1 N–H and O–H groups in total. The van der Waals surface area contributed by atoms with Crippen LogP contribution >= 0.6 is 0 Å². The fourth-order valence-corrected chi connectivity index (χ4v) is 0.749. The van der Waals surface area contributed by atoms with E-state index in [1.165, 1.54) is 0 Å². The summed E-state index contributed by atoms with van der Waals surface area (Å²) < 4.78 is 0. The van der Waals surface area contributed by atoms with E-state index >= 15 is 0 Å². The summed E-state index contributed by atoms with van der Waals surface area (Å²) in [5.74, 6) is -0.139. The molecule has 14 heavy (non-hydrogen) atoms. The minimum Gasteiger partial charge on any atom is -0.273 e. The largest absolute Gasteiger partial charge is 0.273 e. The van der Waals surface area contributed by atoms with E-state index in [0.717, 1.165) is 5.56 Å². The summed E-state index contributed by atoms with van der Waals surface area (Å²) in [5, 5.41) is 3.81. The highest BCUT2D eigenvalue weighted by Gasteiger charge is 2.03. The van der Waals surface area contributed by atoms with Crippen LogP contribution in [0.3, 0.4) is 0 Å². The topological polar surface area (TPSA) is 54.4 Å². The lowest BCUT2D eigenvalue weighted by molar-refractivity contribution is -0.123. The number of carbonyl (C=O) groups excluding carboxylic acids is 1. The maximum atomic E-state index is 11.1. The summed E-state index contributed by atoms with van der Waals surface area (Å²) in [6, 6.07) is 3.62. The molecule has 0 fully saturated rings. The number of carbonyl (C=O) groups is 1. The van der Waals surface area contributed by atoms with Crippen molar-refractivity contribution >= 4 is 12.1 Å². The van der Waals surface area contributed by atoms with Crippen LogP contribution in [0.1, 0.15) is 19.4 Å². The lowest BCUT2D eigenvalue weighted by Gasteiger charge is -2.00. The van der Waals surface area contributed by atoms with Gasteiger partial charge in [0, 0.05) is 18.3 Å². The fourth-order valence-electron chi connectivity index (χ4n) is 0.749. The van der Waals surface area contributed by atoms with E-state index in [4.69, 9.17) is 0 Å². The molecule has 1 rings (SSSR count). The molecule has 1 amide bonds. The van der Waals surface area contributed by atoms with E-state index in [1.54, 1.807) is 18.6 Å². The molecule has 4 heteroatoms. The number of nitrogens with one attached hydrogen (secondary N) is 1. The van der Waals surface area contributed by atoms with Crippen LogP contribution in [0.4, 0.5) is 0 Å². The van der Waals surface area contributed by atoms with E-state index in [2.05, 4.69) is 15.5 Å². The number of hydrogen-bond acceptors (Lipinski definition) is 3. The lowest BCUT2D eigenvalue weighted by atomic mass is 10.2. The third kappa shape index (κ3) is 3.35. The predicted molar refractivity (Wildman–Crippen MR) is 54.8 cm³/mol. The van der Waals surface area contributed by atoms with Crippen LogP contribution in [-0.2, 0) is 4.79 Å². The third-order valence-electron chi connectivity index (χ3n) is 1.62. The average Bonchev–Trinajstić information content (AvgIpc) is 2.19. The van der Waals surface area contributed by atoms with E-state index in [1.807, 2.05) is 26.0 Å². The van der Waals surface area contributed by atoms with Gasteiger partial charge in [-0.05, 0) is 17.7 Å². The van der Waals surface area contributed by atoms with Crippen molar-refractivity contribution in [1.29, 1.82) is 0 Å². The normalized spacial score (nSPS) is 10.8. The standard InChI is InChI=1S/C10H13N3O/c1-8(2)10(14)13-12-7-9-3-5-11-6-4-9/h3-8H,1-2H3,(H,13,14)/b12-7+. The molecule has 0 aliphatic carbocycles. The second-order valence-electron chi connectivity index (χ2n) is 3.17. The van der Waals surface area contributed by atoms with Crippen LogP contribution < -0.4 is 5.43 Å². The van der Waals surface area contributed by atoms with Crippen LogP contribution in [0.25, 0.3) is 0 Å². The van der Waals surface area contributed by atoms with Crippen molar-refractivity contribution in [3.8, 4) is 0 Å². The van der Waals surface area contributed by atoms with Gasteiger partial charge in [-0.15, -0.1) is 0 Å². The van der Waals surface area contributed by atoms with Gasteiger partial charge in [0.1, 0.15) is 0 Å². The number of amides is 1. The molecule has 1 aromatic heterocycles. The highest BCUT2D eigenvalue weighted by molar-refractivity contribution is 5.82. The first-order chi connectivity index (χ1) is 6.70. The van der Waals surface area contributed by atoms with Gasteiger partial charge in [-0.2, -0.15) is 5.10 Å². The highest BCUT2D eigenvalue weighted by Crippen LogP contribution is 1.92. The number of rotatable bonds is 3. The van der Waals surface area contributed by atoms with Gasteiger partial charge in [-0.3, -0.25) is 9.78 Å². The molecule has 1 heterocycles. The third-order valence-corrected chi connectivity index (χ3v) is 1.62. The monoisotopic (exact) mass is 191 g/mol. The first kappa shape index (κ1) is 10.4. The second-order valence-corrected chi connectivity index (χ2v) is 3.17. The zero-order valence-corrected chi connectivity index (χ0v) is 8.27. The summed E-state index contributed by atoms with van der Waals surface area (Å²) in [6.45, 7) is 3.63. The molecule has 0 saturated carbocycles. The molecule has 0 saturated heterocycles. The molecular formula is C10H13N3O. The number of pyridine rings is 1. The molecular weight excluding hydrogens is 178 g/mol. The highest BCUT2D eigenvalue weighted by atomic mass is 16.2. The lowest BCUT2D eigenvalue weighted by Crippen LogP contribution is -2.22. The summed E-state index contributed by atoms with van der Waals surface area (Å²) in [6.07, 6.45) is 4.93. The van der Waals surface area contributed by atoms with Gasteiger partial charge in [-0.1, -0.05) is 13.8 Å². The summed E-state index contributed by atoms with van der Waals surface area (Å²) in [7, 11) is 0. The molecule has 0 aliphatic heterocycles. The Labute approximate surface area is 83.1 Å². The first-order valence-electron chi connectivity index (χ1n) is 4.43. The Balaban J connectivity index is 2.46. The molecule has 0 atom stereocenters. The van der Waals surface area contributed by atoms with Crippen LogP contribution in [0.5, 0.6) is 0 Å². The Kier molecular flexibility index (Phi) is 3.79. The summed E-state index contributed by atoms with van der Waals surface area (Å²) in [4.78, 5) is 15.0. The fraction of sp³-hybridized carbons (Fsp3) is 0.300. The minimum atomic E-state index is -0.0877. The SMILES string of the molecule is CC(C)C(=O)N/N=C/c1ccncc1. The number of nitrogens with zero attached hydrogens (tertiary/aromatic N) is 2. The Morgan fingerprint density at radius 2 is 2.14 bits per heavy atom. The van der Waals surface area contributed by atoms with Crippen LogP contribution in [-0.4, -0.2) is 17.1 Å². The molecule has 0 spiro atoms. The maximum Gasteiger partial charge on any atom is 0.242 e. The molecule has 0 bridgehead atoms. The van der Waals surface area contributed by atoms with Crippen molar-refractivity contribution in [2.24, 2.45) is 11.0 Å². The first-order valence-corrected chi connectivity index (χ1v) is 4.43. The predicted octanol–water partition coefficient (Wildman–Crippen LogP) is 1.19. The summed E-state index contributed by atoms with van der Waals surface area (Å²) >= 11 is 0. The Hall–Kier alpha value is -1.71. The van der Waals surface area contributed by atoms with Gasteiger partial charge in [0.2, 0.25) is 5.91 Å². The van der Waals surface area contributed by atoms with Crippen LogP contribution in [0.15, 0.2) is 29.6 Å². The number of hydrogen-bond donors (Lipinski definition) is 1. The van der Waals surface area contributed by atoms with Crippen LogP contribution in [0, 0.1) is 5.92 Å². The van der Waals surface area contributed by atoms with Gasteiger partial charge >= 0.3 is 0 Å². The van der Waals surface area contributed by atoms with Gasteiger partial charge in [0.15, 0.2) is 0 Å². The maximum absolute atomic E-state index is 11.1. The molecule has 0 aliphatic rings.